The summed E-state index contributed by atoms with van der Waals surface area (Å²) in [4.78, 5) is 12.2. The number of rotatable bonds is 7. The molecule has 0 N–H and O–H groups in total. The van der Waals surface area contributed by atoms with Crippen molar-refractivity contribution in [2.24, 2.45) is 0 Å². The van der Waals surface area contributed by atoms with Crippen LogP contribution < -0.4 is 9.05 Å². The number of benzene rings is 4. The molecule has 0 aliphatic heterocycles. The first-order valence-electron chi connectivity index (χ1n) is 9.67. The lowest BCUT2D eigenvalue weighted by Gasteiger charge is -2.21. The summed E-state index contributed by atoms with van der Waals surface area (Å²) in [6, 6.07) is 26.1. The molecule has 0 aliphatic carbocycles. The molecule has 4 aromatic carbocycles. The predicted octanol–water partition coefficient (Wildman–Crippen LogP) is 6.21. The second-order valence-electron chi connectivity index (χ2n) is 6.71. The molecule has 0 amide bonds. The number of carbonyl (C=O) groups excluding carboxylic acids is 1. The van der Waals surface area contributed by atoms with E-state index in [0.717, 1.165) is 21.5 Å². The minimum absolute atomic E-state index is 0.182. The minimum Gasteiger partial charge on any atom is -0.465 e. The highest BCUT2D eigenvalue weighted by molar-refractivity contribution is 7.55. The predicted molar refractivity (Wildman–Crippen MR) is 118 cm³/mol. The fourth-order valence-electron chi connectivity index (χ4n) is 3.30. The Hall–Kier alpha value is -3.30. The molecule has 0 heterocycles. The van der Waals surface area contributed by atoms with Crippen molar-refractivity contribution >= 4 is 35.1 Å². The van der Waals surface area contributed by atoms with Crippen molar-refractivity contribution in [3.8, 4) is 11.5 Å². The first-order valence-corrected chi connectivity index (χ1v) is 11.4. The van der Waals surface area contributed by atoms with Crippen molar-refractivity contribution < 1.29 is 23.1 Å². The van der Waals surface area contributed by atoms with Gasteiger partial charge in [-0.3, -0.25) is 4.79 Å². The number of ether oxygens (including phenoxy) is 1. The van der Waals surface area contributed by atoms with Crippen molar-refractivity contribution in [2.45, 2.75) is 6.92 Å². The molecule has 6 heteroatoms. The van der Waals surface area contributed by atoms with E-state index in [4.69, 9.17) is 13.8 Å². The number of fused-ring (bicyclic) bond motifs is 2. The van der Waals surface area contributed by atoms with Gasteiger partial charge in [-0.25, -0.2) is 4.57 Å². The Labute approximate surface area is 174 Å². The van der Waals surface area contributed by atoms with E-state index in [-0.39, 0.29) is 6.61 Å². The maximum Gasteiger partial charge on any atom is 0.441 e. The van der Waals surface area contributed by atoms with Gasteiger partial charge in [-0.1, -0.05) is 72.8 Å². The Kier molecular flexibility index (Phi) is 5.73. The van der Waals surface area contributed by atoms with E-state index in [2.05, 4.69) is 0 Å². The Morgan fingerprint density at radius 2 is 1.20 bits per heavy atom. The Bertz CT molecular complexity index is 1150. The summed E-state index contributed by atoms with van der Waals surface area (Å²) in [6.07, 6.45) is -0.493. The molecular formula is C24H21O5P. The largest absolute Gasteiger partial charge is 0.465 e. The zero-order chi connectivity index (χ0) is 21.0. The van der Waals surface area contributed by atoms with Gasteiger partial charge >= 0.3 is 13.6 Å². The first-order chi connectivity index (χ1) is 14.6. The van der Waals surface area contributed by atoms with Gasteiger partial charge in [0.25, 0.3) is 0 Å². The fourth-order valence-corrected chi connectivity index (χ4v) is 4.79. The van der Waals surface area contributed by atoms with Gasteiger partial charge in [0.05, 0.1) is 6.61 Å². The van der Waals surface area contributed by atoms with Crippen LogP contribution in [0.15, 0.2) is 84.9 Å². The smallest absolute Gasteiger partial charge is 0.441 e. The zero-order valence-corrected chi connectivity index (χ0v) is 17.4. The zero-order valence-electron chi connectivity index (χ0n) is 16.5. The summed E-state index contributed by atoms with van der Waals surface area (Å²) in [5, 5.41) is 3.43. The third-order valence-corrected chi connectivity index (χ3v) is 6.20. The van der Waals surface area contributed by atoms with Crippen LogP contribution in [0.4, 0.5) is 0 Å². The molecule has 0 unspecified atom stereocenters. The molecule has 0 radical (unpaired) electrons. The van der Waals surface area contributed by atoms with Crippen LogP contribution in [-0.2, 0) is 14.1 Å². The molecule has 0 aliphatic rings. The van der Waals surface area contributed by atoms with Crippen LogP contribution in [0, 0.1) is 0 Å². The summed E-state index contributed by atoms with van der Waals surface area (Å²) < 4.78 is 30.6. The summed E-state index contributed by atoms with van der Waals surface area (Å²) in [5.74, 6) is 0.142. The molecule has 30 heavy (non-hydrogen) atoms. The Balaban J connectivity index is 1.74. The van der Waals surface area contributed by atoms with E-state index in [9.17, 15) is 9.36 Å². The SMILES string of the molecule is CCOC(=O)CP(=O)(Oc1cccc2ccccc12)Oc1cccc2ccccc12. The molecule has 0 atom stereocenters. The number of carbonyl (C=O) groups is 1. The van der Waals surface area contributed by atoms with Gasteiger partial charge in [0.15, 0.2) is 6.16 Å². The maximum absolute atomic E-state index is 13.8. The highest BCUT2D eigenvalue weighted by Crippen LogP contribution is 2.51. The van der Waals surface area contributed by atoms with E-state index in [0.29, 0.717) is 11.5 Å². The molecule has 0 bridgehead atoms. The highest BCUT2D eigenvalue weighted by atomic mass is 31.2. The van der Waals surface area contributed by atoms with Crippen molar-refractivity contribution in [1.29, 1.82) is 0 Å². The highest BCUT2D eigenvalue weighted by Gasteiger charge is 2.34. The maximum atomic E-state index is 13.8. The van der Waals surface area contributed by atoms with Gasteiger partial charge in [0.1, 0.15) is 11.5 Å². The minimum atomic E-state index is -3.93. The summed E-state index contributed by atoms with van der Waals surface area (Å²) in [7, 11) is -3.93. The molecule has 4 aromatic rings. The second kappa shape index (κ2) is 8.60. The van der Waals surface area contributed by atoms with Crippen LogP contribution in [0.5, 0.6) is 11.5 Å². The lowest BCUT2D eigenvalue weighted by Crippen LogP contribution is -2.16. The van der Waals surface area contributed by atoms with Crippen molar-refractivity contribution in [1.82, 2.24) is 0 Å². The van der Waals surface area contributed by atoms with Gasteiger partial charge in [0.2, 0.25) is 0 Å². The average Bonchev–Trinajstić information content (AvgIpc) is 2.74. The van der Waals surface area contributed by atoms with Gasteiger partial charge < -0.3 is 13.8 Å². The molecule has 0 saturated carbocycles. The van der Waals surface area contributed by atoms with Gasteiger partial charge in [-0.15, -0.1) is 0 Å². The lowest BCUT2D eigenvalue weighted by atomic mass is 10.1. The van der Waals surface area contributed by atoms with Crippen LogP contribution in [0.3, 0.4) is 0 Å². The van der Waals surface area contributed by atoms with Crippen molar-refractivity contribution in [2.75, 3.05) is 12.8 Å². The number of hydrogen-bond acceptors (Lipinski definition) is 5. The fraction of sp³-hybridized carbons (Fsp3) is 0.125. The molecule has 4 rings (SSSR count). The van der Waals surface area contributed by atoms with Gasteiger partial charge in [0, 0.05) is 10.8 Å². The van der Waals surface area contributed by atoms with Gasteiger partial charge in [-0.05, 0) is 29.8 Å². The van der Waals surface area contributed by atoms with E-state index in [1.54, 1.807) is 19.1 Å². The topological polar surface area (TPSA) is 61.8 Å². The van der Waals surface area contributed by atoms with E-state index < -0.39 is 19.7 Å². The number of esters is 1. The summed E-state index contributed by atoms with van der Waals surface area (Å²) >= 11 is 0. The standard InChI is InChI=1S/C24H21O5P/c1-2-27-24(25)17-30(26,28-22-15-7-11-18-9-3-5-13-20(18)22)29-23-16-8-12-19-10-4-6-14-21(19)23/h3-16H,2,17H2,1H3. The van der Waals surface area contributed by atoms with E-state index >= 15 is 0 Å². The van der Waals surface area contributed by atoms with Crippen molar-refractivity contribution in [3.63, 3.8) is 0 Å². The summed E-state index contributed by atoms with van der Waals surface area (Å²) in [5.41, 5.74) is 0. The van der Waals surface area contributed by atoms with Crippen LogP contribution in [0.2, 0.25) is 0 Å². The van der Waals surface area contributed by atoms with Crippen LogP contribution in [0.1, 0.15) is 6.92 Å². The molecule has 5 nitrogen and oxygen atoms in total. The molecule has 0 spiro atoms. The monoisotopic (exact) mass is 420 g/mol. The van der Waals surface area contributed by atoms with Crippen LogP contribution >= 0.6 is 7.60 Å². The molecular weight excluding hydrogens is 399 g/mol. The van der Waals surface area contributed by atoms with Crippen LogP contribution in [-0.4, -0.2) is 18.7 Å². The molecule has 0 saturated heterocycles. The average molecular weight is 420 g/mol. The Morgan fingerprint density at radius 3 is 1.70 bits per heavy atom. The van der Waals surface area contributed by atoms with E-state index in [1.807, 2.05) is 72.8 Å². The van der Waals surface area contributed by atoms with Crippen LogP contribution in [0.25, 0.3) is 21.5 Å². The third-order valence-electron chi connectivity index (χ3n) is 4.60. The molecule has 0 fully saturated rings. The Morgan fingerprint density at radius 1 is 0.733 bits per heavy atom. The lowest BCUT2D eigenvalue weighted by molar-refractivity contribution is -0.140. The first kappa shape index (κ1) is 20.0. The second-order valence-corrected chi connectivity index (χ2v) is 8.61. The molecule has 0 aromatic heterocycles. The normalized spacial score (nSPS) is 11.4. The van der Waals surface area contributed by atoms with Gasteiger partial charge in [-0.2, -0.15) is 0 Å². The number of hydrogen-bond donors (Lipinski definition) is 0. The quantitative estimate of drug-likeness (QED) is 0.263. The summed E-state index contributed by atoms with van der Waals surface area (Å²) in [6.45, 7) is 1.88. The van der Waals surface area contributed by atoms with E-state index in [1.165, 1.54) is 0 Å². The third kappa shape index (κ3) is 4.32. The van der Waals surface area contributed by atoms with Crippen molar-refractivity contribution in [3.05, 3.63) is 84.9 Å². The molecule has 152 valence electrons.